The van der Waals surface area contributed by atoms with Crippen LogP contribution in [0.25, 0.3) is 16.5 Å². The van der Waals surface area contributed by atoms with Gasteiger partial charge in [0.2, 0.25) is 5.91 Å². The van der Waals surface area contributed by atoms with E-state index >= 15 is 0 Å². The molecule has 0 aliphatic carbocycles. The number of nitrogens with zero attached hydrogens (tertiary/aromatic N) is 3. The fourth-order valence-corrected chi connectivity index (χ4v) is 5.02. The van der Waals surface area contributed by atoms with Crippen LogP contribution < -0.4 is 5.32 Å². The molecule has 0 saturated heterocycles. The van der Waals surface area contributed by atoms with Gasteiger partial charge >= 0.3 is 5.97 Å². The third-order valence-corrected chi connectivity index (χ3v) is 6.80. The zero-order chi connectivity index (χ0) is 24.9. The van der Waals surface area contributed by atoms with Gasteiger partial charge in [-0.15, -0.1) is 0 Å². The number of amides is 1. The Balaban J connectivity index is 1.51. The molecule has 4 aromatic rings. The number of carbonyl (C=O) groups is 2. The minimum Gasteiger partial charge on any atom is -0.508 e. The van der Waals surface area contributed by atoms with Crippen molar-refractivity contribution >= 4 is 50.3 Å². The molecule has 1 amide bonds. The lowest BCUT2D eigenvalue weighted by Crippen LogP contribution is -2.43. The Labute approximate surface area is 213 Å². The SMILES string of the molecule is N#Cc1ccc(-n2c(Br)cnc2SCC(=O)NC(Cc2ccc(O)cc2)C(=O)O)c2ccccc12. The quantitative estimate of drug-likeness (QED) is 0.279. The third kappa shape index (κ3) is 5.48. The molecule has 176 valence electrons. The summed E-state index contributed by atoms with van der Waals surface area (Å²) in [6, 6.07) is 18.4. The largest absolute Gasteiger partial charge is 0.508 e. The second kappa shape index (κ2) is 10.6. The molecule has 3 N–H and O–H groups in total. The number of rotatable bonds is 8. The molecule has 4 rings (SSSR count). The minimum atomic E-state index is -1.15. The monoisotopic (exact) mass is 550 g/mol. The first-order valence-corrected chi connectivity index (χ1v) is 12.2. The van der Waals surface area contributed by atoms with Gasteiger partial charge in [0.15, 0.2) is 5.16 Å². The van der Waals surface area contributed by atoms with Crippen LogP contribution >= 0.6 is 27.7 Å². The lowest BCUT2D eigenvalue weighted by Gasteiger charge is -2.15. The van der Waals surface area contributed by atoms with Gasteiger partial charge in [-0.1, -0.05) is 48.2 Å². The molecule has 0 aliphatic rings. The average Bonchev–Trinajstić information content (AvgIpc) is 3.22. The second-order valence-electron chi connectivity index (χ2n) is 7.61. The van der Waals surface area contributed by atoms with E-state index in [4.69, 9.17) is 0 Å². The maximum Gasteiger partial charge on any atom is 0.326 e. The van der Waals surface area contributed by atoms with Crippen LogP contribution in [0.3, 0.4) is 0 Å². The predicted molar refractivity (Wildman–Crippen MR) is 136 cm³/mol. The number of fused-ring (bicyclic) bond motifs is 1. The summed E-state index contributed by atoms with van der Waals surface area (Å²) in [5.74, 6) is -1.56. The molecule has 0 radical (unpaired) electrons. The lowest BCUT2D eigenvalue weighted by atomic mass is 10.0. The number of hydrogen-bond donors (Lipinski definition) is 3. The van der Waals surface area contributed by atoms with Crippen LogP contribution in [0, 0.1) is 11.3 Å². The highest BCUT2D eigenvalue weighted by atomic mass is 79.9. The summed E-state index contributed by atoms with van der Waals surface area (Å²) in [7, 11) is 0. The summed E-state index contributed by atoms with van der Waals surface area (Å²) in [5, 5.41) is 33.1. The molecule has 0 aliphatic heterocycles. The van der Waals surface area contributed by atoms with Crippen molar-refractivity contribution in [2.24, 2.45) is 0 Å². The van der Waals surface area contributed by atoms with Crippen LogP contribution in [0.15, 0.2) is 76.6 Å². The zero-order valence-electron chi connectivity index (χ0n) is 18.2. The topological polar surface area (TPSA) is 128 Å². The van der Waals surface area contributed by atoms with Gasteiger partial charge in [-0.2, -0.15) is 5.26 Å². The smallest absolute Gasteiger partial charge is 0.326 e. The first kappa shape index (κ1) is 24.3. The van der Waals surface area contributed by atoms with E-state index in [-0.39, 0.29) is 17.9 Å². The fourth-order valence-electron chi connectivity index (χ4n) is 3.64. The van der Waals surface area contributed by atoms with Crippen molar-refractivity contribution in [3.8, 4) is 17.5 Å². The maximum absolute atomic E-state index is 12.6. The van der Waals surface area contributed by atoms with Crippen molar-refractivity contribution in [3.05, 3.63) is 82.6 Å². The van der Waals surface area contributed by atoms with Crippen LogP contribution in [-0.2, 0) is 16.0 Å². The number of hydrogen-bond acceptors (Lipinski definition) is 6. The Morgan fingerprint density at radius 2 is 1.83 bits per heavy atom. The van der Waals surface area contributed by atoms with Crippen molar-refractivity contribution < 1.29 is 19.8 Å². The number of nitrogens with one attached hydrogen (secondary N) is 1. The van der Waals surface area contributed by atoms with Gasteiger partial charge in [0.05, 0.1) is 29.3 Å². The lowest BCUT2D eigenvalue weighted by molar-refractivity contribution is -0.141. The highest BCUT2D eigenvalue weighted by Crippen LogP contribution is 2.32. The van der Waals surface area contributed by atoms with Crippen molar-refractivity contribution in [1.29, 1.82) is 5.26 Å². The highest BCUT2D eigenvalue weighted by molar-refractivity contribution is 9.10. The normalized spacial score (nSPS) is 11.7. The predicted octanol–water partition coefficient (Wildman–Crippen LogP) is 4.27. The highest BCUT2D eigenvalue weighted by Gasteiger charge is 2.22. The molecular formula is C25H19BrN4O4S. The van der Waals surface area contributed by atoms with E-state index in [9.17, 15) is 25.1 Å². The fraction of sp³-hybridized carbons (Fsp3) is 0.120. The zero-order valence-corrected chi connectivity index (χ0v) is 20.6. The molecule has 3 aromatic carbocycles. The molecule has 0 fully saturated rings. The van der Waals surface area contributed by atoms with E-state index in [1.165, 1.54) is 23.9 Å². The van der Waals surface area contributed by atoms with Crippen LogP contribution in [0.4, 0.5) is 0 Å². The number of aliphatic carboxylic acids is 1. The van der Waals surface area contributed by atoms with E-state index in [1.54, 1.807) is 24.4 Å². The molecule has 1 aromatic heterocycles. The van der Waals surface area contributed by atoms with Crippen molar-refractivity contribution in [1.82, 2.24) is 14.9 Å². The number of carboxylic acids is 1. The molecule has 10 heteroatoms. The second-order valence-corrected chi connectivity index (χ2v) is 9.36. The van der Waals surface area contributed by atoms with Gasteiger partial charge < -0.3 is 15.5 Å². The first-order valence-electron chi connectivity index (χ1n) is 10.5. The summed E-state index contributed by atoms with van der Waals surface area (Å²) in [6.45, 7) is 0. The van der Waals surface area contributed by atoms with Crippen molar-refractivity contribution in [2.75, 3.05) is 5.75 Å². The molecule has 0 bridgehead atoms. The van der Waals surface area contributed by atoms with Gasteiger partial charge in [-0.3, -0.25) is 9.36 Å². The Hall–Kier alpha value is -3.81. The number of carbonyl (C=O) groups excluding carboxylic acids is 1. The molecule has 35 heavy (non-hydrogen) atoms. The Morgan fingerprint density at radius 1 is 1.11 bits per heavy atom. The number of aromatic hydroxyl groups is 1. The van der Waals surface area contributed by atoms with E-state index in [1.807, 2.05) is 34.9 Å². The number of aromatic nitrogens is 2. The standard InChI is InChI=1S/C25H19BrN4O4S/c26-22-13-28-25(30(22)21-10-7-16(12-27)18-3-1-2-4-19(18)21)35-14-23(32)29-20(24(33)34)11-15-5-8-17(31)9-6-15/h1-10,13,20,31H,11,14H2,(H,29,32)(H,33,34). The van der Waals surface area contributed by atoms with E-state index < -0.39 is 17.9 Å². The number of benzene rings is 3. The number of phenolic OH excluding ortho intramolecular Hbond substituents is 1. The Kier molecular flexibility index (Phi) is 7.39. The Bertz CT molecular complexity index is 1450. The van der Waals surface area contributed by atoms with Crippen molar-refractivity contribution in [2.45, 2.75) is 17.6 Å². The van der Waals surface area contributed by atoms with E-state index in [0.717, 1.165) is 16.5 Å². The summed E-state index contributed by atoms with van der Waals surface area (Å²) in [5.41, 5.74) is 2.03. The number of halogens is 1. The minimum absolute atomic E-state index is 0.0446. The Morgan fingerprint density at radius 3 is 2.51 bits per heavy atom. The van der Waals surface area contributed by atoms with Gasteiger partial charge in [-0.25, -0.2) is 9.78 Å². The number of imidazole rings is 1. The van der Waals surface area contributed by atoms with Gasteiger partial charge in [0.25, 0.3) is 0 Å². The van der Waals surface area contributed by atoms with Crippen molar-refractivity contribution in [3.63, 3.8) is 0 Å². The van der Waals surface area contributed by atoms with Gasteiger partial charge in [0, 0.05) is 17.2 Å². The summed E-state index contributed by atoms with van der Waals surface area (Å²) >= 11 is 4.68. The first-order chi connectivity index (χ1) is 16.9. The molecule has 1 heterocycles. The number of nitriles is 1. The third-order valence-electron chi connectivity index (χ3n) is 5.29. The molecule has 1 atom stereocenters. The average molecular weight is 551 g/mol. The molecule has 0 saturated carbocycles. The molecule has 1 unspecified atom stereocenters. The number of phenols is 1. The maximum atomic E-state index is 12.6. The molecule has 8 nitrogen and oxygen atoms in total. The van der Waals surface area contributed by atoms with Crippen LogP contribution in [-0.4, -0.2) is 43.4 Å². The van der Waals surface area contributed by atoms with Crippen LogP contribution in [0.1, 0.15) is 11.1 Å². The van der Waals surface area contributed by atoms with Gasteiger partial charge in [-0.05, 0) is 45.8 Å². The van der Waals surface area contributed by atoms with Crippen LogP contribution in [0.5, 0.6) is 5.75 Å². The summed E-state index contributed by atoms with van der Waals surface area (Å²) < 4.78 is 2.51. The summed E-state index contributed by atoms with van der Waals surface area (Å²) in [4.78, 5) is 28.7. The molecule has 0 spiro atoms. The number of thioether (sulfide) groups is 1. The van der Waals surface area contributed by atoms with Crippen LogP contribution in [0.2, 0.25) is 0 Å². The number of carboxylic acid groups (broad SMARTS) is 1. The van der Waals surface area contributed by atoms with E-state index in [2.05, 4.69) is 32.3 Å². The van der Waals surface area contributed by atoms with Gasteiger partial charge in [0.1, 0.15) is 16.4 Å². The van der Waals surface area contributed by atoms with E-state index in [0.29, 0.717) is 20.9 Å². The molecular weight excluding hydrogens is 532 g/mol. The summed E-state index contributed by atoms with van der Waals surface area (Å²) in [6.07, 6.45) is 1.71.